The molecule has 0 saturated heterocycles. The van der Waals surface area contributed by atoms with Crippen LogP contribution in [0.4, 0.5) is 0 Å². The number of hydrogen-bond acceptors (Lipinski definition) is 4. The van der Waals surface area contributed by atoms with Crippen molar-refractivity contribution in [2.75, 3.05) is 0 Å². The molecule has 0 aliphatic heterocycles. The first kappa shape index (κ1) is 37.2. The lowest BCUT2D eigenvalue weighted by molar-refractivity contribution is 0.974. The van der Waals surface area contributed by atoms with Gasteiger partial charge in [-0.2, -0.15) is 0 Å². The molecule has 2 heterocycles. The van der Waals surface area contributed by atoms with E-state index in [-0.39, 0.29) is 0 Å². The van der Waals surface area contributed by atoms with Crippen LogP contribution < -0.4 is 0 Å². The summed E-state index contributed by atoms with van der Waals surface area (Å²) in [4.78, 5) is 14.9. The normalized spacial score (nSPS) is 7.24. The molecular formula is C29H48N4. The number of aromatic nitrogens is 4. The summed E-state index contributed by atoms with van der Waals surface area (Å²) in [7, 11) is 0. The molecule has 0 N–H and O–H groups in total. The first-order valence-electron chi connectivity index (χ1n) is 12.2. The summed E-state index contributed by atoms with van der Waals surface area (Å²) in [6.07, 6.45) is 6.45. The Morgan fingerprint density at radius 1 is 0.424 bits per heavy atom. The Bertz CT molecular complexity index is 699. The van der Waals surface area contributed by atoms with Gasteiger partial charge in [-0.15, -0.1) is 0 Å². The summed E-state index contributed by atoms with van der Waals surface area (Å²) >= 11 is 0. The van der Waals surface area contributed by atoms with Crippen LogP contribution in [0.5, 0.6) is 0 Å². The lowest BCUT2D eigenvalue weighted by Crippen LogP contribution is -1.84. The molecule has 0 saturated carbocycles. The Morgan fingerprint density at radius 2 is 0.758 bits per heavy atom. The van der Waals surface area contributed by atoms with Gasteiger partial charge in [-0.25, -0.2) is 15.0 Å². The molecule has 33 heavy (non-hydrogen) atoms. The molecule has 0 aliphatic carbocycles. The van der Waals surface area contributed by atoms with Gasteiger partial charge >= 0.3 is 0 Å². The van der Waals surface area contributed by atoms with Gasteiger partial charge < -0.3 is 0 Å². The summed E-state index contributed by atoms with van der Waals surface area (Å²) in [5.41, 5.74) is 0. The lowest BCUT2D eigenvalue weighted by Gasteiger charge is -1.92. The monoisotopic (exact) mass is 452 g/mol. The summed E-state index contributed by atoms with van der Waals surface area (Å²) in [5, 5.41) is 2.62. The van der Waals surface area contributed by atoms with E-state index < -0.39 is 0 Å². The van der Waals surface area contributed by atoms with Gasteiger partial charge in [0.2, 0.25) is 0 Å². The van der Waals surface area contributed by atoms with E-state index in [1.807, 2.05) is 94.4 Å². The van der Waals surface area contributed by atoms with Gasteiger partial charge in [0.1, 0.15) is 18.5 Å². The van der Waals surface area contributed by atoms with Crippen molar-refractivity contribution in [3.8, 4) is 0 Å². The third-order valence-electron chi connectivity index (χ3n) is 2.85. The first-order valence-corrected chi connectivity index (χ1v) is 12.2. The molecule has 0 atom stereocenters. The van der Waals surface area contributed by atoms with Gasteiger partial charge in [0.25, 0.3) is 0 Å². The first-order chi connectivity index (χ1) is 16.4. The minimum absolute atomic E-state index is 0.759. The Hall–Kier alpha value is -3.14. The maximum Gasteiger partial charge on any atom is 0.128 e. The number of nitrogens with zero attached hydrogens (tertiary/aromatic N) is 4. The molecule has 0 spiro atoms. The number of pyridine rings is 1. The molecule has 0 radical (unpaired) electrons. The zero-order valence-electron chi connectivity index (χ0n) is 22.9. The highest BCUT2D eigenvalue weighted by Crippen LogP contribution is 2.11. The largest absolute Gasteiger partial charge is 0.265 e. The minimum atomic E-state index is 0.759. The number of benzene rings is 2. The fourth-order valence-electron chi connectivity index (χ4n) is 1.74. The third-order valence-corrected chi connectivity index (χ3v) is 2.85. The molecule has 4 aromatic rings. The van der Waals surface area contributed by atoms with Crippen LogP contribution in [0.15, 0.2) is 91.8 Å². The van der Waals surface area contributed by atoms with Crippen LogP contribution >= 0.6 is 0 Å². The van der Waals surface area contributed by atoms with Crippen molar-refractivity contribution >= 4 is 10.8 Å². The molecule has 0 fully saturated rings. The standard InChI is InChI=1S/C10H8.C5H5N.C4H5N3.5C2H6/c1-2-6-10-8-4-3-7-9(10)5-1;1-2-4-6-5-3-1;1-4-6-2-5-3-7-4;5*1-2/h1-8H;1-5H;2-3H,1H3;5*1-2H3. The molecular weight excluding hydrogens is 404 g/mol. The molecule has 184 valence electrons. The number of aryl methyl sites for hydroxylation is 1. The average molecular weight is 453 g/mol. The highest BCUT2D eigenvalue weighted by Gasteiger charge is 1.85. The second-order valence-electron chi connectivity index (χ2n) is 4.56. The van der Waals surface area contributed by atoms with E-state index in [4.69, 9.17) is 0 Å². The van der Waals surface area contributed by atoms with E-state index in [2.05, 4.69) is 68.5 Å². The Labute approximate surface area is 204 Å². The minimum Gasteiger partial charge on any atom is -0.265 e. The fraction of sp³-hybridized carbons (Fsp3) is 0.379. The van der Waals surface area contributed by atoms with Gasteiger partial charge in [0, 0.05) is 12.4 Å². The quantitative estimate of drug-likeness (QED) is 0.267. The van der Waals surface area contributed by atoms with Crippen molar-refractivity contribution in [2.45, 2.75) is 76.2 Å². The number of rotatable bonds is 0. The number of fused-ring (bicyclic) bond motifs is 1. The van der Waals surface area contributed by atoms with Crippen molar-refractivity contribution in [1.29, 1.82) is 0 Å². The van der Waals surface area contributed by atoms with Crippen LogP contribution in [0.25, 0.3) is 10.8 Å². The molecule has 4 nitrogen and oxygen atoms in total. The molecule has 0 unspecified atom stereocenters. The maximum absolute atomic E-state index is 3.78. The fourth-order valence-corrected chi connectivity index (χ4v) is 1.74. The van der Waals surface area contributed by atoms with Crippen LogP contribution in [0, 0.1) is 6.92 Å². The third kappa shape index (κ3) is 25.0. The van der Waals surface area contributed by atoms with Gasteiger partial charge in [-0.1, -0.05) is 124 Å². The molecule has 0 bridgehead atoms. The Morgan fingerprint density at radius 3 is 0.939 bits per heavy atom. The van der Waals surface area contributed by atoms with Crippen LogP contribution in [-0.4, -0.2) is 19.9 Å². The van der Waals surface area contributed by atoms with E-state index in [0.29, 0.717) is 0 Å². The lowest BCUT2D eigenvalue weighted by atomic mass is 10.1. The van der Waals surface area contributed by atoms with Crippen LogP contribution in [0.3, 0.4) is 0 Å². The number of hydrogen-bond donors (Lipinski definition) is 0. The molecule has 4 rings (SSSR count). The summed E-state index contributed by atoms with van der Waals surface area (Å²) < 4.78 is 0. The van der Waals surface area contributed by atoms with Crippen LogP contribution in [-0.2, 0) is 0 Å². The van der Waals surface area contributed by atoms with Crippen molar-refractivity contribution in [3.63, 3.8) is 0 Å². The van der Waals surface area contributed by atoms with Crippen molar-refractivity contribution in [1.82, 2.24) is 19.9 Å². The zero-order valence-corrected chi connectivity index (χ0v) is 22.9. The molecule has 0 amide bonds. The maximum atomic E-state index is 3.78. The van der Waals surface area contributed by atoms with E-state index >= 15 is 0 Å². The SMILES string of the molecule is CC.CC.CC.CC.CC.Cc1ncncn1.c1ccc2ccccc2c1.c1ccncc1. The average Bonchev–Trinajstić information content (AvgIpc) is 2.96. The van der Waals surface area contributed by atoms with Crippen LogP contribution in [0.1, 0.15) is 75.1 Å². The van der Waals surface area contributed by atoms with Crippen molar-refractivity contribution in [3.05, 3.63) is 97.6 Å². The van der Waals surface area contributed by atoms with E-state index in [1.165, 1.54) is 23.4 Å². The van der Waals surface area contributed by atoms with Gasteiger partial charge in [0.15, 0.2) is 0 Å². The zero-order chi connectivity index (χ0) is 26.2. The smallest absolute Gasteiger partial charge is 0.128 e. The van der Waals surface area contributed by atoms with Crippen LogP contribution in [0.2, 0.25) is 0 Å². The highest BCUT2D eigenvalue weighted by atomic mass is 15.0. The van der Waals surface area contributed by atoms with Crippen molar-refractivity contribution in [2.24, 2.45) is 0 Å². The molecule has 2 aromatic heterocycles. The van der Waals surface area contributed by atoms with E-state index in [0.717, 1.165) is 5.82 Å². The van der Waals surface area contributed by atoms with Gasteiger partial charge in [0.05, 0.1) is 0 Å². The topological polar surface area (TPSA) is 51.6 Å². The summed E-state index contributed by atoms with van der Waals surface area (Å²) in [6.45, 7) is 21.8. The predicted octanol–water partition coefficient (Wildman–Crippen LogP) is 9.23. The van der Waals surface area contributed by atoms with Gasteiger partial charge in [-0.05, 0) is 29.8 Å². The predicted molar refractivity (Wildman–Crippen MR) is 149 cm³/mol. The van der Waals surface area contributed by atoms with E-state index in [9.17, 15) is 0 Å². The second-order valence-corrected chi connectivity index (χ2v) is 4.56. The highest BCUT2D eigenvalue weighted by molar-refractivity contribution is 5.81. The Kier molecular flexibility index (Phi) is 40.8. The second kappa shape index (κ2) is 36.2. The van der Waals surface area contributed by atoms with Gasteiger partial charge in [-0.3, -0.25) is 4.98 Å². The van der Waals surface area contributed by atoms with Crippen molar-refractivity contribution < 1.29 is 0 Å². The summed E-state index contributed by atoms with van der Waals surface area (Å²) in [5.74, 6) is 0.759. The summed E-state index contributed by atoms with van der Waals surface area (Å²) in [6, 6.07) is 22.4. The Balaban J connectivity index is -0.000000164. The van der Waals surface area contributed by atoms with E-state index in [1.54, 1.807) is 12.4 Å². The molecule has 4 heteroatoms. The molecule has 2 aromatic carbocycles. The molecule has 0 aliphatic rings.